The number of aliphatic hydroxyl groups is 2. The highest BCUT2D eigenvalue weighted by Gasteiger charge is 2.41. The SMILES string of the molecule is CCc1ccc(C2C(C(C)=O)=C(O)C(=O)N2CCNCCO)cc1. The number of ketones is 1. The Hall–Kier alpha value is -2.18. The summed E-state index contributed by atoms with van der Waals surface area (Å²) in [5, 5.41) is 22.0. The number of hydrogen-bond acceptors (Lipinski definition) is 5. The van der Waals surface area contributed by atoms with Crippen LogP contribution in [-0.2, 0) is 16.0 Å². The van der Waals surface area contributed by atoms with Crippen molar-refractivity contribution in [3.05, 3.63) is 46.7 Å². The second kappa shape index (κ2) is 8.08. The minimum Gasteiger partial charge on any atom is -0.503 e. The van der Waals surface area contributed by atoms with Gasteiger partial charge in [-0.15, -0.1) is 0 Å². The van der Waals surface area contributed by atoms with Gasteiger partial charge in [0.25, 0.3) is 5.91 Å². The molecule has 1 amide bonds. The molecule has 0 radical (unpaired) electrons. The second-order valence-electron chi connectivity index (χ2n) is 5.79. The van der Waals surface area contributed by atoms with Crippen molar-refractivity contribution in [1.82, 2.24) is 10.2 Å². The molecular weight excluding hydrogens is 308 g/mol. The van der Waals surface area contributed by atoms with E-state index in [-0.39, 0.29) is 18.0 Å². The van der Waals surface area contributed by atoms with Crippen molar-refractivity contribution in [3.8, 4) is 0 Å². The maximum absolute atomic E-state index is 12.4. The Morgan fingerprint density at radius 3 is 2.46 bits per heavy atom. The summed E-state index contributed by atoms with van der Waals surface area (Å²) in [5.74, 6) is -1.30. The van der Waals surface area contributed by atoms with Gasteiger partial charge < -0.3 is 20.4 Å². The van der Waals surface area contributed by atoms with Crippen LogP contribution in [0.3, 0.4) is 0 Å². The van der Waals surface area contributed by atoms with E-state index in [2.05, 4.69) is 12.2 Å². The van der Waals surface area contributed by atoms with Crippen LogP contribution in [0.1, 0.15) is 31.0 Å². The molecular formula is C18H24N2O4. The third-order valence-corrected chi connectivity index (χ3v) is 4.20. The van der Waals surface area contributed by atoms with Crippen molar-refractivity contribution in [3.63, 3.8) is 0 Å². The standard InChI is InChI=1S/C18H24N2O4/c1-3-13-4-6-14(7-5-13)16-15(12(2)22)17(23)18(24)20(16)10-8-19-9-11-21/h4-7,16,19,21,23H,3,8-11H2,1-2H3. The Bertz CT molecular complexity index is 637. The molecule has 1 atom stereocenters. The molecule has 3 N–H and O–H groups in total. The molecule has 130 valence electrons. The number of rotatable bonds is 8. The van der Waals surface area contributed by atoms with Gasteiger partial charge in [0.15, 0.2) is 11.5 Å². The number of carbonyl (C=O) groups excluding carboxylic acids is 2. The van der Waals surface area contributed by atoms with E-state index in [1.807, 2.05) is 24.3 Å². The van der Waals surface area contributed by atoms with Crippen LogP contribution in [0.2, 0.25) is 0 Å². The number of aliphatic hydroxyl groups excluding tert-OH is 2. The Labute approximate surface area is 141 Å². The number of benzene rings is 1. The summed E-state index contributed by atoms with van der Waals surface area (Å²) >= 11 is 0. The fraction of sp³-hybridized carbons (Fsp3) is 0.444. The lowest BCUT2D eigenvalue weighted by atomic mass is 9.95. The van der Waals surface area contributed by atoms with Crippen molar-refractivity contribution >= 4 is 11.7 Å². The van der Waals surface area contributed by atoms with Gasteiger partial charge in [-0.25, -0.2) is 0 Å². The lowest BCUT2D eigenvalue weighted by molar-refractivity contribution is -0.129. The van der Waals surface area contributed by atoms with E-state index in [1.54, 1.807) is 0 Å². The van der Waals surface area contributed by atoms with Crippen molar-refractivity contribution in [2.45, 2.75) is 26.3 Å². The number of amides is 1. The lowest BCUT2D eigenvalue weighted by Crippen LogP contribution is -2.37. The molecule has 1 aliphatic heterocycles. The average Bonchev–Trinajstić information content (AvgIpc) is 2.83. The van der Waals surface area contributed by atoms with E-state index < -0.39 is 17.7 Å². The summed E-state index contributed by atoms with van der Waals surface area (Å²) in [4.78, 5) is 25.9. The van der Waals surface area contributed by atoms with Crippen LogP contribution < -0.4 is 5.32 Å². The quantitative estimate of drug-likeness (QED) is 0.621. The number of nitrogens with one attached hydrogen (secondary N) is 1. The molecule has 0 aliphatic carbocycles. The van der Waals surface area contributed by atoms with Gasteiger partial charge in [0.2, 0.25) is 0 Å². The van der Waals surface area contributed by atoms with Crippen molar-refractivity contribution in [1.29, 1.82) is 0 Å². The summed E-state index contributed by atoms with van der Waals surface area (Å²) in [7, 11) is 0. The maximum Gasteiger partial charge on any atom is 0.290 e. The number of aryl methyl sites for hydroxylation is 1. The molecule has 1 aliphatic rings. The molecule has 1 aromatic rings. The Morgan fingerprint density at radius 2 is 1.92 bits per heavy atom. The summed E-state index contributed by atoms with van der Waals surface area (Å²) < 4.78 is 0. The van der Waals surface area contributed by atoms with E-state index >= 15 is 0 Å². The number of nitrogens with zero attached hydrogens (tertiary/aromatic N) is 1. The van der Waals surface area contributed by atoms with Gasteiger partial charge in [-0.3, -0.25) is 9.59 Å². The van der Waals surface area contributed by atoms with Crippen LogP contribution in [0.15, 0.2) is 35.6 Å². The maximum atomic E-state index is 12.4. The molecule has 1 heterocycles. The minimum absolute atomic E-state index is 0.0120. The molecule has 1 unspecified atom stereocenters. The van der Waals surface area contributed by atoms with Gasteiger partial charge in [-0.1, -0.05) is 31.2 Å². The summed E-state index contributed by atoms with van der Waals surface area (Å²) in [6.45, 7) is 4.66. The van der Waals surface area contributed by atoms with Crippen molar-refractivity contribution < 1.29 is 19.8 Å². The first-order chi connectivity index (χ1) is 11.5. The summed E-state index contributed by atoms with van der Waals surface area (Å²) in [5.41, 5.74) is 2.11. The first-order valence-corrected chi connectivity index (χ1v) is 8.16. The van der Waals surface area contributed by atoms with Crippen LogP contribution in [-0.4, -0.2) is 53.0 Å². The van der Waals surface area contributed by atoms with Crippen molar-refractivity contribution in [2.75, 3.05) is 26.2 Å². The van der Waals surface area contributed by atoms with E-state index in [9.17, 15) is 14.7 Å². The van der Waals surface area contributed by atoms with Gasteiger partial charge in [0.05, 0.1) is 18.2 Å². The number of carbonyl (C=O) groups is 2. The molecule has 24 heavy (non-hydrogen) atoms. The van der Waals surface area contributed by atoms with Gasteiger partial charge in [-0.2, -0.15) is 0 Å². The van der Waals surface area contributed by atoms with Gasteiger partial charge in [0.1, 0.15) is 0 Å². The van der Waals surface area contributed by atoms with Gasteiger partial charge in [-0.05, 0) is 24.5 Å². The summed E-state index contributed by atoms with van der Waals surface area (Å²) in [6.07, 6.45) is 0.902. The minimum atomic E-state index is -0.572. The number of Topliss-reactive ketones (excluding diaryl/α,β-unsaturated/α-hetero) is 1. The largest absolute Gasteiger partial charge is 0.503 e. The monoisotopic (exact) mass is 332 g/mol. The zero-order valence-electron chi connectivity index (χ0n) is 14.1. The zero-order valence-corrected chi connectivity index (χ0v) is 14.1. The fourth-order valence-electron chi connectivity index (χ4n) is 2.93. The Kier molecular flexibility index (Phi) is 6.11. The van der Waals surface area contributed by atoms with Crippen LogP contribution in [0.5, 0.6) is 0 Å². The highest BCUT2D eigenvalue weighted by atomic mass is 16.3. The highest BCUT2D eigenvalue weighted by molar-refractivity contribution is 6.08. The van der Waals surface area contributed by atoms with E-state index in [0.29, 0.717) is 19.6 Å². The third-order valence-electron chi connectivity index (χ3n) is 4.20. The fourth-order valence-corrected chi connectivity index (χ4v) is 2.93. The molecule has 0 spiro atoms. The van der Waals surface area contributed by atoms with Crippen LogP contribution in [0.25, 0.3) is 0 Å². The normalized spacial score (nSPS) is 17.7. The van der Waals surface area contributed by atoms with E-state index in [4.69, 9.17) is 5.11 Å². The van der Waals surface area contributed by atoms with Crippen LogP contribution in [0, 0.1) is 0 Å². The van der Waals surface area contributed by atoms with Crippen LogP contribution in [0.4, 0.5) is 0 Å². The molecule has 0 saturated heterocycles. The molecule has 2 rings (SSSR count). The average molecular weight is 332 g/mol. The second-order valence-corrected chi connectivity index (χ2v) is 5.79. The topological polar surface area (TPSA) is 89.9 Å². The predicted molar refractivity (Wildman–Crippen MR) is 90.6 cm³/mol. The van der Waals surface area contributed by atoms with E-state index in [0.717, 1.165) is 17.5 Å². The molecule has 0 aromatic heterocycles. The molecule has 0 bridgehead atoms. The smallest absolute Gasteiger partial charge is 0.290 e. The predicted octanol–water partition coefficient (Wildman–Crippen LogP) is 1.12. The molecule has 0 fully saturated rings. The molecule has 1 aromatic carbocycles. The van der Waals surface area contributed by atoms with Crippen molar-refractivity contribution in [2.24, 2.45) is 0 Å². The third kappa shape index (κ3) is 3.66. The molecule has 6 heteroatoms. The van der Waals surface area contributed by atoms with Crippen LogP contribution >= 0.6 is 0 Å². The first kappa shape index (κ1) is 18.2. The Balaban J connectivity index is 2.31. The number of hydrogen-bond donors (Lipinski definition) is 3. The first-order valence-electron chi connectivity index (χ1n) is 8.16. The van der Waals surface area contributed by atoms with E-state index in [1.165, 1.54) is 11.8 Å². The zero-order chi connectivity index (χ0) is 17.7. The summed E-state index contributed by atoms with van der Waals surface area (Å²) in [6, 6.07) is 7.15. The molecule has 6 nitrogen and oxygen atoms in total. The Morgan fingerprint density at radius 1 is 1.25 bits per heavy atom. The lowest BCUT2D eigenvalue weighted by Gasteiger charge is -2.26. The van der Waals surface area contributed by atoms with Gasteiger partial charge >= 0.3 is 0 Å². The van der Waals surface area contributed by atoms with Gasteiger partial charge in [0, 0.05) is 19.6 Å². The highest BCUT2D eigenvalue weighted by Crippen LogP contribution is 2.37. The molecule has 0 saturated carbocycles.